The molecule has 1 amide bonds. The van der Waals surface area contributed by atoms with E-state index in [4.69, 9.17) is 4.74 Å². The van der Waals surface area contributed by atoms with E-state index < -0.39 is 17.7 Å². The molecule has 0 unspecified atom stereocenters. The summed E-state index contributed by atoms with van der Waals surface area (Å²) in [6.45, 7) is 7.70. The number of likely N-dealkylation sites (tertiary alicyclic amines) is 1. The fourth-order valence-electron chi connectivity index (χ4n) is 4.04. The van der Waals surface area contributed by atoms with E-state index in [1.165, 1.54) is 17.0 Å². The number of amides is 1. The summed E-state index contributed by atoms with van der Waals surface area (Å²) in [5, 5.41) is 21.0. The number of aliphatic hydroxyl groups excluding tert-OH is 1. The number of Topliss-reactive ketones (excluding diaryl/α,β-unsaturated/α-hetero) is 1. The topological polar surface area (TPSA) is 90.3 Å². The number of phenols is 1. The molecule has 7 nitrogen and oxygen atoms in total. The number of aryl methyl sites for hydroxylation is 1. The maximum atomic E-state index is 13.1. The highest BCUT2D eigenvalue weighted by Gasteiger charge is 2.45. The van der Waals surface area contributed by atoms with Crippen molar-refractivity contribution < 1.29 is 24.5 Å². The largest absolute Gasteiger partial charge is 0.508 e. The van der Waals surface area contributed by atoms with Crippen LogP contribution in [-0.2, 0) is 9.59 Å². The molecule has 2 N–H and O–H groups in total. The van der Waals surface area contributed by atoms with Crippen molar-refractivity contribution in [1.82, 2.24) is 9.80 Å². The Morgan fingerprint density at radius 1 is 1.12 bits per heavy atom. The summed E-state index contributed by atoms with van der Waals surface area (Å²) in [5.41, 5.74) is 1.98. The van der Waals surface area contributed by atoms with Crippen LogP contribution < -0.4 is 4.74 Å². The Morgan fingerprint density at radius 3 is 2.38 bits per heavy atom. The predicted molar refractivity (Wildman–Crippen MR) is 132 cm³/mol. The number of carbonyl (C=O) groups is 2. The van der Waals surface area contributed by atoms with E-state index in [1.54, 1.807) is 30.3 Å². The maximum absolute atomic E-state index is 13.1. The van der Waals surface area contributed by atoms with Crippen molar-refractivity contribution in [2.24, 2.45) is 5.92 Å². The second-order valence-electron chi connectivity index (χ2n) is 9.43. The van der Waals surface area contributed by atoms with Crippen LogP contribution >= 0.6 is 0 Å². The number of aromatic hydroxyl groups is 1. The number of benzene rings is 2. The smallest absolute Gasteiger partial charge is 0.295 e. The molecular weight excluding hydrogens is 432 g/mol. The molecule has 0 radical (unpaired) electrons. The highest BCUT2D eigenvalue weighted by Crippen LogP contribution is 2.40. The van der Waals surface area contributed by atoms with E-state index >= 15 is 0 Å². The molecule has 0 spiro atoms. The van der Waals surface area contributed by atoms with Gasteiger partial charge in [-0.2, -0.15) is 0 Å². The van der Waals surface area contributed by atoms with Crippen molar-refractivity contribution in [3.05, 3.63) is 64.7 Å². The van der Waals surface area contributed by atoms with Crippen molar-refractivity contribution in [3.63, 3.8) is 0 Å². The molecule has 1 heterocycles. The zero-order chi connectivity index (χ0) is 25.0. The van der Waals surface area contributed by atoms with Crippen LogP contribution in [0.4, 0.5) is 0 Å². The number of hydrogen-bond acceptors (Lipinski definition) is 6. The van der Waals surface area contributed by atoms with Gasteiger partial charge in [0.25, 0.3) is 11.7 Å². The predicted octanol–water partition coefficient (Wildman–Crippen LogP) is 4.11. The number of carbonyl (C=O) groups excluding carboxylic acids is 2. The van der Waals surface area contributed by atoms with Gasteiger partial charge in [0, 0.05) is 12.1 Å². The zero-order valence-electron chi connectivity index (χ0n) is 20.5. The van der Waals surface area contributed by atoms with Gasteiger partial charge in [-0.25, -0.2) is 0 Å². The lowest BCUT2D eigenvalue weighted by atomic mass is 9.94. The molecule has 182 valence electrons. The van der Waals surface area contributed by atoms with Gasteiger partial charge >= 0.3 is 0 Å². The molecule has 0 aromatic heterocycles. The van der Waals surface area contributed by atoms with E-state index in [-0.39, 0.29) is 17.1 Å². The Balaban J connectivity index is 2.03. The van der Waals surface area contributed by atoms with Gasteiger partial charge in [-0.05, 0) is 81.4 Å². The molecule has 1 saturated heterocycles. The number of phenolic OH excluding ortho intramolecular Hbond substituents is 1. The summed E-state index contributed by atoms with van der Waals surface area (Å²) < 4.78 is 5.82. The summed E-state index contributed by atoms with van der Waals surface area (Å²) in [6, 6.07) is 10.9. The first kappa shape index (κ1) is 25.3. The first-order valence-corrected chi connectivity index (χ1v) is 11.6. The fraction of sp³-hybridized carbons (Fsp3) is 0.407. The van der Waals surface area contributed by atoms with Crippen LogP contribution in [0, 0.1) is 12.8 Å². The molecule has 1 fully saturated rings. The first-order valence-electron chi connectivity index (χ1n) is 11.6. The van der Waals surface area contributed by atoms with Gasteiger partial charge in [-0.15, -0.1) is 0 Å². The summed E-state index contributed by atoms with van der Waals surface area (Å²) >= 11 is 0. The van der Waals surface area contributed by atoms with Gasteiger partial charge in [0.15, 0.2) is 0 Å². The molecule has 1 aliphatic rings. The Labute approximate surface area is 201 Å². The lowest BCUT2D eigenvalue weighted by Gasteiger charge is -2.26. The lowest BCUT2D eigenvalue weighted by molar-refractivity contribution is -0.139. The molecular formula is C27H34N2O5. The van der Waals surface area contributed by atoms with Crippen LogP contribution in [0.15, 0.2) is 48.0 Å². The highest BCUT2D eigenvalue weighted by atomic mass is 16.5. The third-order valence-corrected chi connectivity index (χ3v) is 5.77. The summed E-state index contributed by atoms with van der Waals surface area (Å²) in [7, 11) is 3.89. The molecule has 7 heteroatoms. The molecule has 3 rings (SSSR count). The van der Waals surface area contributed by atoms with Gasteiger partial charge in [0.2, 0.25) is 0 Å². The molecule has 2 aromatic carbocycles. The Morgan fingerprint density at radius 2 is 1.79 bits per heavy atom. The van der Waals surface area contributed by atoms with Crippen LogP contribution in [0.25, 0.3) is 5.76 Å². The van der Waals surface area contributed by atoms with E-state index in [0.29, 0.717) is 42.4 Å². The molecule has 0 bridgehead atoms. The summed E-state index contributed by atoms with van der Waals surface area (Å²) in [5.74, 6) is -0.387. The minimum Gasteiger partial charge on any atom is -0.508 e. The minimum atomic E-state index is -0.736. The maximum Gasteiger partial charge on any atom is 0.295 e. The van der Waals surface area contributed by atoms with Crippen molar-refractivity contribution in [2.75, 3.05) is 33.8 Å². The molecule has 2 aromatic rings. The van der Waals surface area contributed by atoms with Crippen LogP contribution in [0.5, 0.6) is 11.5 Å². The Bertz CT molecular complexity index is 1070. The first-order chi connectivity index (χ1) is 16.1. The molecule has 1 atom stereocenters. The number of rotatable bonds is 9. The van der Waals surface area contributed by atoms with Crippen LogP contribution in [0.3, 0.4) is 0 Å². The number of nitrogens with zero attached hydrogens (tertiary/aromatic N) is 2. The van der Waals surface area contributed by atoms with E-state index in [9.17, 15) is 19.8 Å². The van der Waals surface area contributed by atoms with E-state index in [2.05, 4.69) is 13.8 Å². The number of ether oxygens (including phenoxy) is 1. The summed E-state index contributed by atoms with van der Waals surface area (Å²) in [4.78, 5) is 29.6. The SMILES string of the molecule is Cc1cc(/C(O)=C2\C(=O)C(=O)N(CCCN(C)C)[C@H]2c2ccc(O)cc2)ccc1OCC(C)C. The minimum absolute atomic E-state index is 0.0517. The van der Waals surface area contributed by atoms with Gasteiger partial charge in [-0.1, -0.05) is 26.0 Å². The molecule has 0 saturated carbocycles. The average molecular weight is 467 g/mol. The number of hydrogen-bond donors (Lipinski definition) is 2. The molecule has 1 aliphatic heterocycles. The summed E-state index contributed by atoms with van der Waals surface area (Å²) in [6.07, 6.45) is 0.676. The third kappa shape index (κ3) is 5.59. The molecule has 0 aliphatic carbocycles. The van der Waals surface area contributed by atoms with Crippen LogP contribution in [-0.4, -0.2) is 65.5 Å². The number of ketones is 1. The Kier molecular flexibility index (Phi) is 7.99. The normalized spacial score (nSPS) is 17.7. The van der Waals surface area contributed by atoms with Crippen molar-refractivity contribution in [1.29, 1.82) is 0 Å². The van der Waals surface area contributed by atoms with E-state index in [0.717, 1.165) is 12.1 Å². The van der Waals surface area contributed by atoms with Gasteiger partial charge < -0.3 is 24.7 Å². The van der Waals surface area contributed by atoms with Gasteiger partial charge in [0.1, 0.15) is 17.3 Å². The third-order valence-electron chi connectivity index (χ3n) is 5.77. The standard InChI is InChI=1S/C27H34N2O5/c1-17(2)16-34-22-12-9-20(15-18(22)3)25(31)23-24(19-7-10-21(30)11-8-19)29(27(33)26(23)32)14-6-13-28(4)5/h7-12,15,17,24,30-31H,6,13-14,16H2,1-5H3/b25-23+/t24-/m0/s1. The quantitative estimate of drug-likeness (QED) is 0.328. The van der Waals surface area contributed by atoms with E-state index in [1.807, 2.05) is 25.9 Å². The van der Waals surface area contributed by atoms with Crippen LogP contribution in [0.1, 0.15) is 43.0 Å². The van der Waals surface area contributed by atoms with Gasteiger partial charge in [-0.3, -0.25) is 9.59 Å². The van der Waals surface area contributed by atoms with Crippen molar-refractivity contribution >= 4 is 17.4 Å². The lowest BCUT2D eigenvalue weighted by Crippen LogP contribution is -2.32. The van der Waals surface area contributed by atoms with Crippen molar-refractivity contribution in [3.8, 4) is 11.5 Å². The average Bonchev–Trinajstić information content (AvgIpc) is 3.03. The Hall–Kier alpha value is -3.32. The fourth-order valence-corrected chi connectivity index (χ4v) is 4.04. The second kappa shape index (κ2) is 10.7. The second-order valence-corrected chi connectivity index (χ2v) is 9.43. The highest BCUT2D eigenvalue weighted by molar-refractivity contribution is 6.46. The van der Waals surface area contributed by atoms with Crippen molar-refractivity contribution in [2.45, 2.75) is 33.2 Å². The number of aliphatic hydroxyl groups is 1. The zero-order valence-corrected chi connectivity index (χ0v) is 20.5. The monoisotopic (exact) mass is 466 g/mol. The van der Waals surface area contributed by atoms with Crippen LogP contribution in [0.2, 0.25) is 0 Å². The molecule has 34 heavy (non-hydrogen) atoms. The van der Waals surface area contributed by atoms with Gasteiger partial charge in [0.05, 0.1) is 18.2 Å².